The summed E-state index contributed by atoms with van der Waals surface area (Å²) in [5.74, 6) is 2.67. The zero-order valence-electron chi connectivity index (χ0n) is 14.4. The standard InChI is InChI=1S/C16H27N5OS2/c1-2-15-18-19-16(24-15)17-14(22)3-6-20-7-9-21(10-8-20)13-4-11-23-12-5-13/h13H,2-12H2,1H3,(H,17,19,22). The van der Waals surface area contributed by atoms with E-state index in [2.05, 4.69) is 37.1 Å². The van der Waals surface area contributed by atoms with Crippen LogP contribution in [0, 0.1) is 0 Å². The molecule has 2 aliphatic heterocycles. The predicted molar refractivity (Wildman–Crippen MR) is 101 cm³/mol. The van der Waals surface area contributed by atoms with Gasteiger partial charge in [-0.3, -0.25) is 9.69 Å². The number of hydrogen-bond acceptors (Lipinski definition) is 7. The van der Waals surface area contributed by atoms with E-state index >= 15 is 0 Å². The zero-order valence-corrected chi connectivity index (χ0v) is 16.0. The Bertz CT molecular complexity index is 524. The SMILES string of the molecule is CCc1nnc(NC(=O)CCN2CCN(C3CCSCC3)CC2)s1. The van der Waals surface area contributed by atoms with Crippen molar-refractivity contribution in [2.45, 2.75) is 38.6 Å². The van der Waals surface area contributed by atoms with Gasteiger partial charge in [0.1, 0.15) is 5.01 Å². The molecule has 0 atom stereocenters. The van der Waals surface area contributed by atoms with Crippen molar-refractivity contribution in [2.24, 2.45) is 0 Å². The Balaban J connectivity index is 1.34. The highest BCUT2D eigenvalue weighted by atomic mass is 32.2. The van der Waals surface area contributed by atoms with E-state index in [4.69, 9.17) is 0 Å². The number of aromatic nitrogens is 2. The van der Waals surface area contributed by atoms with E-state index in [1.807, 2.05) is 6.92 Å². The molecule has 2 saturated heterocycles. The molecule has 1 aromatic rings. The van der Waals surface area contributed by atoms with Crippen LogP contribution in [0.5, 0.6) is 0 Å². The molecular formula is C16H27N5OS2. The number of anilines is 1. The lowest BCUT2D eigenvalue weighted by Gasteiger charge is -2.40. The minimum Gasteiger partial charge on any atom is -0.300 e. The highest BCUT2D eigenvalue weighted by molar-refractivity contribution is 7.99. The molecule has 6 nitrogen and oxygen atoms in total. The van der Waals surface area contributed by atoms with Gasteiger partial charge in [0.15, 0.2) is 0 Å². The third-order valence-electron chi connectivity index (χ3n) is 4.78. The highest BCUT2D eigenvalue weighted by Crippen LogP contribution is 2.22. The van der Waals surface area contributed by atoms with Crippen LogP contribution in [0.25, 0.3) is 0 Å². The molecule has 24 heavy (non-hydrogen) atoms. The normalized spacial score (nSPS) is 21.0. The van der Waals surface area contributed by atoms with E-state index < -0.39 is 0 Å². The molecule has 0 unspecified atom stereocenters. The summed E-state index contributed by atoms with van der Waals surface area (Å²) in [4.78, 5) is 17.1. The van der Waals surface area contributed by atoms with Crippen LogP contribution in [-0.2, 0) is 11.2 Å². The van der Waals surface area contributed by atoms with Crippen molar-refractivity contribution in [1.82, 2.24) is 20.0 Å². The summed E-state index contributed by atoms with van der Waals surface area (Å²) in [7, 11) is 0. The van der Waals surface area contributed by atoms with Crippen LogP contribution < -0.4 is 5.32 Å². The predicted octanol–water partition coefficient (Wildman–Crippen LogP) is 1.94. The minimum atomic E-state index is 0.0422. The second-order valence-corrected chi connectivity index (χ2v) is 8.66. The Hall–Kier alpha value is -0.700. The molecule has 0 bridgehead atoms. The lowest BCUT2D eigenvalue weighted by atomic mass is 10.1. The van der Waals surface area contributed by atoms with Crippen LogP contribution in [0.15, 0.2) is 0 Å². The molecule has 0 saturated carbocycles. The fourth-order valence-electron chi connectivity index (χ4n) is 3.29. The fourth-order valence-corrected chi connectivity index (χ4v) is 5.07. The molecule has 134 valence electrons. The molecule has 2 fully saturated rings. The quantitative estimate of drug-likeness (QED) is 0.827. The van der Waals surface area contributed by atoms with Crippen molar-refractivity contribution in [3.05, 3.63) is 5.01 Å². The Labute approximate surface area is 152 Å². The summed E-state index contributed by atoms with van der Waals surface area (Å²) in [5, 5.41) is 12.5. The number of nitrogens with one attached hydrogen (secondary N) is 1. The zero-order chi connectivity index (χ0) is 16.8. The number of rotatable bonds is 6. The topological polar surface area (TPSA) is 61.4 Å². The first-order valence-electron chi connectivity index (χ1n) is 8.91. The van der Waals surface area contributed by atoms with E-state index in [0.717, 1.165) is 50.2 Å². The third-order valence-corrected chi connectivity index (χ3v) is 6.82. The monoisotopic (exact) mass is 369 g/mol. The van der Waals surface area contributed by atoms with Gasteiger partial charge in [-0.15, -0.1) is 10.2 Å². The van der Waals surface area contributed by atoms with Crippen LogP contribution >= 0.6 is 23.1 Å². The molecule has 0 aliphatic carbocycles. The van der Waals surface area contributed by atoms with E-state index in [-0.39, 0.29) is 5.91 Å². The van der Waals surface area contributed by atoms with Crippen molar-refractivity contribution < 1.29 is 4.79 Å². The maximum Gasteiger partial charge on any atom is 0.227 e. The number of carbonyl (C=O) groups is 1. The van der Waals surface area contributed by atoms with Crippen molar-refractivity contribution in [2.75, 3.05) is 49.5 Å². The van der Waals surface area contributed by atoms with Gasteiger partial charge in [-0.2, -0.15) is 11.8 Å². The lowest BCUT2D eigenvalue weighted by Crippen LogP contribution is -2.51. The van der Waals surface area contributed by atoms with E-state index in [1.165, 1.54) is 35.7 Å². The van der Waals surface area contributed by atoms with Gasteiger partial charge >= 0.3 is 0 Å². The Kier molecular flexibility index (Phi) is 6.88. The van der Waals surface area contributed by atoms with Crippen LogP contribution in [-0.4, -0.2) is 76.2 Å². The van der Waals surface area contributed by atoms with Crippen molar-refractivity contribution in [1.29, 1.82) is 0 Å². The first-order chi connectivity index (χ1) is 11.7. The Morgan fingerprint density at radius 2 is 1.96 bits per heavy atom. The summed E-state index contributed by atoms with van der Waals surface area (Å²) < 4.78 is 0. The molecule has 1 N–H and O–H groups in total. The molecule has 0 radical (unpaired) electrons. The number of thioether (sulfide) groups is 1. The van der Waals surface area contributed by atoms with Gasteiger partial charge in [0.2, 0.25) is 11.0 Å². The van der Waals surface area contributed by atoms with Gasteiger partial charge in [-0.1, -0.05) is 18.3 Å². The van der Waals surface area contributed by atoms with Crippen molar-refractivity contribution in [3.8, 4) is 0 Å². The molecule has 3 rings (SSSR count). The number of nitrogens with zero attached hydrogens (tertiary/aromatic N) is 4. The average Bonchev–Trinajstić information content (AvgIpc) is 3.09. The molecular weight excluding hydrogens is 342 g/mol. The molecule has 0 aromatic carbocycles. The summed E-state index contributed by atoms with van der Waals surface area (Å²) >= 11 is 3.55. The summed E-state index contributed by atoms with van der Waals surface area (Å²) in [5.41, 5.74) is 0. The van der Waals surface area contributed by atoms with Gasteiger partial charge in [0.25, 0.3) is 0 Å². The molecule has 0 spiro atoms. The van der Waals surface area contributed by atoms with Crippen LogP contribution in [0.1, 0.15) is 31.2 Å². The van der Waals surface area contributed by atoms with Crippen molar-refractivity contribution in [3.63, 3.8) is 0 Å². The van der Waals surface area contributed by atoms with Gasteiger partial charge in [-0.05, 0) is 30.8 Å². The maximum absolute atomic E-state index is 12.1. The van der Waals surface area contributed by atoms with Crippen LogP contribution in [0.2, 0.25) is 0 Å². The van der Waals surface area contributed by atoms with Gasteiger partial charge in [0.05, 0.1) is 0 Å². The second kappa shape index (κ2) is 9.12. The van der Waals surface area contributed by atoms with Crippen molar-refractivity contribution >= 4 is 34.1 Å². The Morgan fingerprint density at radius 3 is 2.62 bits per heavy atom. The van der Waals surface area contributed by atoms with E-state index in [0.29, 0.717) is 11.6 Å². The van der Waals surface area contributed by atoms with Crippen LogP contribution in [0.3, 0.4) is 0 Å². The minimum absolute atomic E-state index is 0.0422. The Morgan fingerprint density at radius 1 is 1.21 bits per heavy atom. The number of carbonyl (C=O) groups excluding carboxylic acids is 1. The maximum atomic E-state index is 12.1. The number of amides is 1. The third kappa shape index (κ3) is 5.15. The molecule has 8 heteroatoms. The van der Waals surface area contributed by atoms with E-state index in [9.17, 15) is 4.79 Å². The fraction of sp³-hybridized carbons (Fsp3) is 0.812. The molecule has 1 aromatic heterocycles. The number of piperazine rings is 1. The second-order valence-electron chi connectivity index (χ2n) is 6.37. The summed E-state index contributed by atoms with van der Waals surface area (Å²) in [6.45, 7) is 7.32. The average molecular weight is 370 g/mol. The number of hydrogen-bond donors (Lipinski definition) is 1. The van der Waals surface area contributed by atoms with Gasteiger partial charge in [0, 0.05) is 45.2 Å². The summed E-state index contributed by atoms with van der Waals surface area (Å²) in [6, 6.07) is 0.793. The summed E-state index contributed by atoms with van der Waals surface area (Å²) in [6.07, 6.45) is 4.07. The van der Waals surface area contributed by atoms with Crippen LogP contribution in [0.4, 0.5) is 5.13 Å². The molecule has 2 aliphatic rings. The molecule has 1 amide bonds. The first kappa shape index (κ1) is 18.1. The lowest BCUT2D eigenvalue weighted by molar-refractivity contribution is -0.116. The molecule has 3 heterocycles. The highest BCUT2D eigenvalue weighted by Gasteiger charge is 2.25. The largest absolute Gasteiger partial charge is 0.300 e. The smallest absolute Gasteiger partial charge is 0.227 e. The first-order valence-corrected chi connectivity index (χ1v) is 10.9. The van der Waals surface area contributed by atoms with Gasteiger partial charge < -0.3 is 10.2 Å². The van der Waals surface area contributed by atoms with Gasteiger partial charge in [-0.25, -0.2) is 0 Å². The van der Waals surface area contributed by atoms with E-state index in [1.54, 1.807) is 0 Å². The number of aryl methyl sites for hydroxylation is 1.